The predicted molar refractivity (Wildman–Crippen MR) is 130 cm³/mol. The van der Waals surface area contributed by atoms with Crippen LogP contribution in [0, 0.1) is 13.8 Å². The molecule has 2 aromatic heterocycles. The predicted octanol–water partition coefficient (Wildman–Crippen LogP) is 1.47. The lowest BCUT2D eigenvalue weighted by Crippen LogP contribution is -2.29. The SMILES string of the molecule is CC=C(C)C(=O)[O-].CC=C(C)C(=O)[O-].CCCn1cc[n+](C)c1C.CCCn1cc[n+](C)c1C. The van der Waals surface area contributed by atoms with Gasteiger partial charge in [-0.1, -0.05) is 26.0 Å². The molecule has 8 nitrogen and oxygen atoms in total. The molecule has 0 radical (unpaired) electrons. The van der Waals surface area contributed by atoms with Crippen LogP contribution in [0.3, 0.4) is 0 Å². The minimum Gasteiger partial charge on any atom is -0.545 e. The van der Waals surface area contributed by atoms with Gasteiger partial charge < -0.3 is 19.8 Å². The summed E-state index contributed by atoms with van der Waals surface area (Å²) in [5.41, 5.74) is 0.556. The topological polar surface area (TPSA) is 97.9 Å². The first-order valence-corrected chi connectivity index (χ1v) is 11.6. The molecule has 0 amide bonds. The lowest BCUT2D eigenvalue weighted by molar-refractivity contribution is -0.677. The second-order valence-corrected chi connectivity index (χ2v) is 7.82. The number of aliphatic carboxylic acids is 2. The number of nitrogens with zero attached hydrogens (tertiary/aromatic N) is 4. The lowest BCUT2D eigenvalue weighted by Gasteiger charge is -1.96. The number of aryl methyl sites for hydroxylation is 4. The van der Waals surface area contributed by atoms with Crippen molar-refractivity contribution in [2.24, 2.45) is 14.1 Å². The standard InChI is InChI=1S/2C8H15N2.2C5H8O2/c2*1-4-5-10-7-6-9(3)8(10)2;2*1-3-4(2)5(6)7/h2*6-7H,4-5H2,1-3H3;2*3H,1-2H3,(H,6,7)/q2*+1;;/p-2. The highest BCUT2D eigenvalue weighted by Crippen LogP contribution is 1.94. The van der Waals surface area contributed by atoms with Gasteiger partial charge in [0.25, 0.3) is 11.6 Å². The molecule has 0 N–H and O–H groups in total. The first kappa shape index (κ1) is 33.0. The summed E-state index contributed by atoms with van der Waals surface area (Å²) in [6.45, 7) is 17.2. The van der Waals surface area contributed by atoms with Gasteiger partial charge >= 0.3 is 0 Å². The minimum absolute atomic E-state index is 0.278. The van der Waals surface area contributed by atoms with Crippen molar-refractivity contribution in [1.82, 2.24) is 9.13 Å². The normalized spacial score (nSPS) is 10.8. The number of carbonyl (C=O) groups excluding carboxylic acids is 2. The Kier molecular flexibility index (Phi) is 17.8. The van der Waals surface area contributed by atoms with Crippen molar-refractivity contribution >= 4 is 11.9 Å². The maximum Gasteiger partial charge on any atom is 0.253 e. The number of hydrogen-bond donors (Lipinski definition) is 0. The highest BCUT2D eigenvalue weighted by Gasteiger charge is 2.06. The number of allylic oxidation sites excluding steroid dienone is 2. The molecule has 2 heterocycles. The van der Waals surface area contributed by atoms with E-state index in [0.717, 1.165) is 13.1 Å². The first-order valence-electron chi connectivity index (χ1n) is 11.6. The Labute approximate surface area is 205 Å². The Bertz CT molecular complexity index is 860. The van der Waals surface area contributed by atoms with E-state index in [1.165, 1.54) is 50.5 Å². The number of hydrogen-bond acceptors (Lipinski definition) is 4. The van der Waals surface area contributed by atoms with Gasteiger partial charge in [0.2, 0.25) is 0 Å². The van der Waals surface area contributed by atoms with Crippen LogP contribution in [-0.2, 0) is 36.8 Å². The van der Waals surface area contributed by atoms with Crippen LogP contribution in [-0.4, -0.2) is 21.1 Å². The molecule has 0 aromatic carbocycles. The van der Waals surface area contributed by atoms with Gasteiger partial charge in [-0.2, -0.15) is 0 Å². The Balaban J connectivity index is 0. The Hall–Kier alpha value is -3.16. The van der Waals surface area contributed by atoms with Gasteiger partial charge in [0.1, 0.15) is 24.8 Å². The van der Waals surface area contributed by atoms with E-state index in [2.05, 4.69) is 84.8 Å². The van der Waals surface area contributed by atoms with Gasteiger partial charge in [0, 0.05) is 13.8 Å². The minimum atomic E-state index is -1.09. The monoisotopic (exact) mass is 476 g/mol. The zero-order chi connectivity index (χ0) is 26.8. The molecule has 0 unspecified atom stereocenters. The summed E-state index contributed by atoms with van der Waals surface area (Å²) >= 11 is 0. The van der Waals surface area contributed by atoms with Crippen molar-refractivity contribution in [1.29, 1.82) is 0 Å². The van der Waals surface area contributed by atoms with Crippen LogP contribution >= 0.6 is 0 Å². The summed E-state index contributed by atoms with van der Waals surface area (Å²) < 4.78 is 8.80. The van der Waals surface area contributed by atoms with Crippen molar-refractivity contribution in [2.75, 3.05) is 0 Å². The van der Waals surface area contributed by atoms with E-state index >= 15 is 0 Å². The van der Waals surface area contributed by atoms with Crippen molar-refractivity contribution in [2.45, 2.75) is 81.3 Å². The molecule has 0 aliphatic rings. The van der Waals surface area contributed by atoms with E-state index in [-0.39, 0.29) is 11.1 Å². The summed E-state index contributed by atoms with van der Waals surface area (Å²) in [4.78, 5) is 19.5. The molecule has 0 saturated carbocycles. The second-order valence-electron chi connectivity index (χ2n) is 7.82. The van der Waals surface area contributed by atoms with Crippen molar-refractivity contribution in [3.63, 3.8) is 0 Å². The number of carbonyl (C=O) groups is 2. The number of carboxylic acid groups (broad SMARTS) is 2. The zero-order valence-corrected chi connectivity index (χ0v) is 22.7. The van der Waals surface area contributed by atoms with E-state index in [1.807, 2.05) is 0 Å². The molecule has 8 heteroatoms. The molecule has 2 rings (SSSR count). The van der Waals surface area contributed by atoms with Crippen LogP contribution in [0.4, 0.5) is 0 Å². The quantitative estimate of drug-likeness (QED) is 0.466. The summed E-state index contributed by atoms with van der Waals surface area (Å²) in [7, 11) is 4.14. The molecule has 0 bridgehead atoms. The van der Waals surface area contributed by atoms with Crippen molar-refractivity contribution in [3.8, 4) is 0 Å². The highest BCUT2D eigenvalue weighted by atomic mass is 16.4. The van der Waals surface area contributed by atoms with Gasteiger partial charge in [-0.05, 0) is 51.7 Å². The summed E-state index contributed by atoms with van der Waals surface area (Å²) in [6.07, 6.45) is 13.8. The Morgan fingerprint density at radius 1 is 0.794 bits per heavy atom. The number of rotatable bonds is 6. The molecule has 0 spiro atoms. The van der Waals surface area contributed by atoms with E-state index in [9.17, 15) is 19.8 Å². The second kappa shape index (κ2) is 18.3. The molecule has 2 aromatic rings. The number of aromatic nitrogens is 4. The smallest absolute Gasteiger partial charge is 0.253 e. The summed E-state index contributed by atoms with van der Waals surface area (Å²) in [5.74, 6) is 0.453. The van der Waals surface area contributed by atoms with Crippen LogP contribution < -0.4 is 19.3 Å². The third kappa shape index (κ3) is 13.4. The molecule has 0 aliphatic heterocycles. The first-order chi connectivity index (χ1) is 15.9. The van der Waals surface area contributed by atoms with Crippen molar-refractivity contribution < 1.29 is 28.9 Å². The van der Waals surface area contributed by atoms with Crippen LogP contribution in [0.15, 0.2) is 48.1 Å². The van der Waals surface area contributed by atoms with Gasteiger partial charge in [-0.25, -0.2) is 18.3 Å². The molecular weight excluding hydrogens is 432 g/mol. The Morgan fingerprint density at radius 2 is 1.09 bits per heavy atom. The molecule has 0 saturated heterocycles. The molecule has 0 aliphatic carbocycles. The van der Waals surface area contributed by atoms with E-state index < -0.39 is 11.9 Å². The molecule has 192 valence electrons. The van der Waals surface area contributed by atoms with Crippen LogP contribution in [0.25, 0.3) is 0 Å². The summed E-state index contributed by atoms with van der Waals surface area (Å²) in [5, 5.41) is 19.5. The molecular formula is C26H44N4O4. The fourth-order valence-corrected chi connectivity index (χ4v) is 2.39. The molecule has 0 atom stereocenters. The molecule has 34 heavy (non-hydrogen) atoms. The third-order valence-electron chi connectivity index (χ3n) is 5.23. The fraction of sp³-hybridized carbons (Fsp3) is 0.538. The average Bonchev–Trinajstić information content (AvgIpc) is 3.30. The number of imidazole rings is 2. The summed E-state index contributed by atoms with van der Waals surface area (Å²) in [6, 6.07) is 0. The average molecular weight is 477 g/mol. The van der Waals surface area contributed by atoms with E-state index in [4.69, 9.17) is 0 Å². The Morgan fingerprint density at radius 3 is 1.21 bits per heavy atom. The van der Waals surface area contributed by atoms with E-state index in [0.29, 0.717) is 0 Å². The van der Waals surface area contributed by atoms with Crippen LogP contribution in [0.5, 0.6) is 0 Å². The van der Waals surface area contributed by atoms with Crippen molar-refractivity contribution in [3.05, 3.63) is 59.7 Å². The maximum atomic E-state index is 9.75. The number of carboxylic acids is 2. The fourth-order valence-electron chi connectivity index (χ4n) is 2.39. The van der Waals surface area contributed by atoms with Gasteiger partial charge in [0.15, 0.2) is 0 Å². The van der Waals surface area contributed by atoms with E-state index in [1.54, 1.807) is 13.8 Å². The van der Waals surface area contributed by atoms with Gasteiger partial charge in [-0.3, -0.25) is 0 Å². The van der Waals surface area contributed by atoms with Gasteiger partial charge in [0.05, 0.1) is 39.1 Å². The zero-order valence-electron chi connectivity index (χ0n) is 22.7. The lowest BCUT2D eigenvalue weighted by atomic mass is 10.3. The highest BCUT2D eigenvalue weighted by molar-refractivity contribution is 5.83. The van der Waals surface area contributed by atoms with Crippen LogP contribution in [0.2, 0.25) is 0 Å². The largest absolute Gasteiger partial charge is 0.545 e. The maximum absolute atomic E-state index is 9.75. The van der Waals surface area contributed by atoms with Gasteiger partial charge in [-0.15, -0.1) is 0 Å². The third-order valence-corrected chi connectivity index (χ3v) is 5.23. The van der Waals surface area contributed by atoms with Crippen LogP contribution in [0.1, 0.15) is 66.0 Å². The molecule has 0 fully saturated rings.